The highest BCUT2D eigenvalue weighted by molar-refractivity contribution is 7.89. The number of hydrogen-bond donors (Lipinski definition) is 0. The number of amides is 1. The number of benzene rings is 1. The van der Waals surface area contributed by atoms with Crippen molar-refractivity contribution in [2.45, 2.75) is 50.8 Å². The molecule has 0 N–H and O–H groups in total. The fourth-order valence-electron chi connectivity index (χ4n) is 5.27. The molecule has 0 spiro atoms. The summed E-state index contributed by atoms with van der Waals surface area (Å²) in [6, 6.07) is 5.32. The highest BCUT2D eigenvalue weighted by atomic mass is 32.2. The van der Waals surface area contributed by atoms with E-state index in [0.717, 1.165) is 36.6 Å². The van der Waals surface area contributed by atoms with Gasteiger partial charge in [-0.15, -0.1) is 0 Å². The number of nitrogens with zero attached hydrogens (tertiary/aromatic N) is 3. The van der Waals surface area contributed by atoms with Crippen LogP contribution in [0.5, 0.6) is 0 Å². The highest BCUT2D eigenvalue weighted by Gasteiger charge is 2.34. The first-order valence-electron chi connectivity index (χ1n) is 11.4. The van der Waals surface area contributed by atoms with Crippen molar-refractivity contribution in [1.29, 1.82) is 0 Å². The predicted octanol–water partition coefficient (Wildman–Crippen LogP) is 2.65. The molecule has 0 unspecified atom stereocenters. The maximum absolute atomic E-state index is 13.0. The van der Waals surface area contributed by atoms with Gasteiger partial charge in [-0.25, -0.2) is 8.42 Å². The van der Waals surface area contributed by atoms with Gasteiger partial charge in [-0.3, -0.25) is 9.69 Å². The van der Waals surface area contributed by atoms with Gasteiger partial charge in [0.15, 0.2) is 0 Å². The number of likely N-dealkylation sites (tertiary alicyclic amines) is 1. The minimum Gasteiger partial charge on any atom is -0.341 e. The van der Waals surface area contributed by atoms with E-state index in [1.807, 2.05) is 19.9 Å². The van der Waals surface area contributed by atoms with Crippen molar-refractivity contribution in [2.75, 3.05) is 45.8 Å². The normalized spacial score (nSPS) is 26.4. The number of hydrogen-bond acceptors (Lipinski definition) is 4. The van der Waals surface area contributed by atoms with Gasteiger partial charge in [0.05, 0.1) is 11.4 Å². The van der Waals surface area contributed by atoms with Crippen LogP contribution in [0.3, 0.4) is 0 Å². The van der Waals surface area contributed by atoms with Gasteiger partial charge < -0.3 is 4.90 Å². The van der Waals surface area contributed by atoms with E-state index < -0.39 is 10.0 Å². The summed E-state index contributed by atoms with van der Waals surface area (Å²) < 4.78 is 27.5. The van der Waals surface area contributed by atoms with Crippen molar-refractivity contribution in [3.05, 3.63) is 29.3 Å². The highest BCUT2D eigenvalue weighted by Crippen LogP contribution is 2.36. The molecule has 2 heterocycles. The maximum Gasteiger partial charge on any atom is 0.243 e. The molecule has 1 amide bonds. The third kappa shape index (κ3) is 4.58. The molecule has 166 valence electrons. The van der Waals surface area contributed by atoms with Gasteiger partial charge in [0.2, 0.25) is 15.9 Å². The molecule has 1 aliphatic carbocycles. The minimum atomic E-state index is -3.48. The fraction of sp³-hybridized carbons (Fsp3) is 0.696. The van der Waals surface area contributed by atoms with E-state index in [1.165, 1.54) is 25.7 Å². The van der Waals surface area contributed by atoms with Crippen LogP contribution < -0.4 is 0 Å². The average Bonchev–Trinajstić information content (AvgIpc) is 2.75. The minimum absolute atomic E-state index is 0.212. The molecule has 0 aromatic heterocycles. The van der Waals surface area contributed by atoms with Crippen LogP contribution in [-0.4, -0.2) is 74.2 Å². The molecule has 4 rings (SSSR count). The molecule has 1 saturated carbocycles. The smallest absolute Gasteiger partial charge is 0.243 e. The van der Waals surface area contributed by atoms with Gasteiger partial charge in [0.25, 0.3) is 0 Å². The molecule has 2 saturated heterocycles. The lowest BCUT2D eigenvalue weighted by Gasteiger charge is -2.42. The molecule has 7 heteroatoms. The first-order valence-corrected chi connectivity index (χ1v) is 12.9. The molecule has 2 aliphatic heterocycles. The molecular weight excluding hydrogens is 398 g/mol. The Hall–Kier alpha value is -1.44. The Morgan fingerprint density at radius 2 is 1.63 bits per heavy atom. The first kappa shape index (κ1) is 21.8. The number of aryl methyl sites for hydroxylation is 2. The van der Waals surface area contributed by atoms with Gasteiger partial charge in [0, 0.05) is 39.3 Å². The van der Waals surface area contributed by atoms with Crippen LogP contribution in [0.4, 0.5) is 0 Å². The molecule has 2 atom stereocenters. The molecule has 3 fully saturated rings. The number of piperazine rings is 1. The number of fused-ring (bicyclic) bond motifs is 1. The van der Waals surface area contributed by atoms with E-state index in [1.54, 1.807) is 16.4 Å². The Labute approximate surface area is 181 Å². The Morgan fingerprint density at radius 3 is 2.33 bits per heavy atom. The van der Waals surface area contributed by atoms with Crippen molar-refractivity contribution in [1.82, 2.24) is 14.1 Å². The lowest BCUT2D eigenvalue weighted by molar-refractivity contribution is -0.135. The molecule has 1 aromatic rings. The molecule has 1 aromatic carbocycles. The maximum atomic E-state index is 13.0. The summed E-state index contributed by atoms with van der Waals surface area (Å²) in [6.07, 6.45) is 6.41. The lowest BCUT2D eigenvalue weighted by atomic mass is 9.75. The van der Waals surface area contributed by atoms with E-state index in [4.69, 9.17) is 0 Å². The molecule has 6 nitrogen and oxygen atoms in total. The second kappa shape index (κ2) is 8.97. The van der Waals surface area contributed by atoms with E-state index in [9.17, 15) is 13.2 Å². The zero-order valence-corrected chi connectivity index (χ0v) is 19.2. The van der Waals surface area contributed by atoms with Crippen molar-refractivity contribution in [3.63, 3.8) is 0 Å². The molecule has 0 radical (unpaired) electrons. The number of carbonyl (C=O) groups excluding carboxylic acids is 1. The van der Waals surface area contributed by atoms with Crippen molar-refractivity contribution < 1.29 is 13.2 Å². The number of rotatable bonds is 4. The topological polar surface area (TPSA) is 60.9 Å². The Balaban J connectivity index is 1.30. The summed E-state index contributed by atoms with van der Waals surface area (Å²) in [5.41, 5.74) is 2.08. The zero-order chi connectivity index (χ0) is 21.3. The van der Waals surface area contributed by atoms with E-state index in [2.05, 4.69) is 9.80 Å². The van der Waals surface area contributed by atoms with Crippen LogP contribution in [0.25, 0.3) is 0 Å². The molecule has 0 bridgehead atoms. The average molecular weight is 434 g/mol. The zero-order valence-electron chi connectivity index (χ0n) is 18.3. The van der Waals surface area contributed by atoms with Gasteiger partial charge in [-0.05, 0) is 61.8 Å². The second-order valence-electron chi connectivity index (χ2n) is 9.36. The van der Waals surface area contributed by atoms with Crippen LogP contribution in [0.15, 0.2) is 23.1 Å². The van der Waals surface area contributed by atoms with Crippen molar-refractivity contribution in [3.8, 4) is 0 Å². The summed E-state index contributed by atoms with van der Waals surface area (Å²) in [6.45, 7) is 8.23. The quantitative estimate of drug-likeness (QED) is 0.732. The lowest BCUT2D eigenvalue weighted by Crippen LogP contribution is -2.53. The van der Waals surface area contributed by atoms with Crippen LogP contribution in [0.1, 0.15) is 43.2 Å². The first-order chi connectivity index (χ1) is 14.3. The van der Waals surface area contributed by atoms with Crippen LogP contribution >= 0.6 is 0 Å². The van der Waals surface area contributed by atoms with Crippen LogP contribution in [0.2, 0.25) is 0 Å². The van der Waals surface area contributed by atoms with Crippen molar-refractivity contribution >= 4 is 15.9 Å². The third-order valence-electron chi connectivity index (χ3n) is 7.45. The van der Waals surface area contributed by atoms with Crippen LogP contribution in [-0.2, 0) is 14.8 Å². The SMILES string of the molecule is Cc1ccc(S(=O)(=O)N2CCN(CC(=O)N3CC[C@H]4CCCC[C@H]4C3)CC2)cc1C. The van der Waals surface area contributed by atoms with Gasteiger partial charge in [-0.2, -0.15) is 4.31 Å². The standard InChI is InChI=1S/C23H35N3O3S/c1-18-7-8-22(15-19(18)2)30(28,29)26-13-11-24(12-14-26)17-23(27)25-10-9-20-5-3-4-6-21(20)16-25/h7-8,15,20-21H,3-6,9-14,16-17H2,1-2H3/t20-,21+/m1/s1. The second-order valence-corrected chi connectivity index (χ2v) is 11.3. The monoisotopic (exact) mass is 433 g/mol. The fourth-order valence-corrected chi connectivity index (χ4v) is 6.78. The number of carbonyl (C=O) groups is 1. The Morgan fingerprint density at radius 1 is 0.933 bits per heavy atom. The Kier molecular flexibility index (Phi) is 6.51. The largest absolute Gasteiger partial charge is 0.341 e. The molecule has 3 aliphatic rings. The van der Waals surface area contributed by atoms with Gasteiger partial charge in [0.1, 0.15) is 0 Å². The van der Waals surface area contributed by atoms with Gasteiger partial charge >= 0.3 is 0 Å². The summed E-state index contributed by atoms with van der Waals surface area (Å²) >= 11 is 0. The Bertz CT molecular complexity index is 878. The summed E-state index contributed by atoms with van der Waals surface area (Å²) in [5, 5.41) is 0. The number of piperidine rings is 1. The number of sulfonamides is 1. The van der Waals surface area contributed by atoms with E-state index >= 15 is 0 Å². The summed E-state index contributed by atoms with van der Waals surface area (Å²) in [7, 11) is -3.48. The van der Waals surface area contributed by atoms with E-state index in [-0.39, 0.29) is 5.91 Å². The third-order valence-corrected chi connectivity index (χ3v) is 9.34. The summed E-state index contributed by atoms with van der Waals surface area (Å²) in [5.74, 6) is 1.72. The van der Waals surface area contributed by atoms with Gasteiger partial charge in [-0.1, -0.05) is 25.3 Å². The summed E-state index contributed by atoms with van der Waals surface area (Å²) in [4.78, 5) is 17.4. The molecule has 30 heavy (non-hydrogen) atoms. The van der Waals surface area contributed by atoms with Crippen LogP contribution in [0, 0.1) is 25.7 Å². The molecular formula is C23H35N3O3S. The van der Waals surface area contributed by atoms with E-state index in [0.29, 0.717) is 43.5 Å². The predicted molar refractivity (Wildman–Crippen MR) is 118 cm³/mol. The van der Waals surface area contributed by atoms with Crippen molar-refractivity contribution in [2.24, 2.45) is 11.8 Å².